The molecular weight excluding hydrogens is 322 g/mol. The Morgan fingerprint density at radius 3 is 2.15 bits per heavy atom. The van der Waals surface area contributed by atoms with Crippen molar-refractivity contribution in [2.45, 2.75) is 6.42 Å². The maximum atomic E-state index is 11.9. The number of hydrogen-bond acceptors (Lipinski definition) is 2. The number of fused-ring (bicyclic) bond motifs is 1. The molecule has 3 heteroatoms. The van der Waals surface area contributed by atoms with Crippen LogP contribution >= 0.6 is 0 Å². The van der Waals surface area contributed by atoms with Gasteiger partial charge >= 0.3 is 5.97 Å². The number of benzene rings is 3. The number of para-hydroxylation sites is 1. The van der Waals surface area contributed by atoms with Crippen molar-refractivity contribution < 1.29 is 9.53 Å². The average Bonchev–Trinajstić information content (AvgIpc) is 3.07. The third-order valence-electron chi connectivity index (χ3n) is 4.64. The van der Waals surface area contributed by atoms with Crippen LogP contribution in [0.25, 0.3) is 33.3 Å². The smallest absolute Gasteiger partial charge is 0.310 e. The fourth-order valence-electron chi connectivity index (χ4n) is 3.31. The molecule has 3 nitrogen and oxygen atoms in total. The van der Waals surface area contributed by atoms with Gasteiger partial charge in [0.05, 0.1) is 19.2 Å². The predicted octanol–water partition coefficient (Wildman–Crippen LogP) is 5.22. The van der Waals surface area contributed by atoms with Crippen molar-refractivity contribution in [1.82, 2.24) is 4.98 Å². The van der Waals surface area contributed by atoms with Gasteiger partial charge in [-0.3, -0.25) is 4.79 Å². The molecule has 4 aromatic rings. The van der Waals surface area contributed by atoms with Crippen LogP contribution < -0.4 is 0 Å². The SMILES string of the molecule is COC(=O)Cc1c(-c2ccc(-c3ccccc3)cc2)[nH]c2ccccc12. The van der Waals surface area contributed by atoms with Gasteiger partial charge in [0.2, 0.25) is 0 Å². The Balaban J connectivity index is 1.78. The zero-order valence-corrected chi connectivity index (χ0v) is 14.5. The lowest BCUT2D eigenvalue weighted by Crippen LogP contribution is -2.05. The average molecular weight is 341 g/mol. The molecule has 0 fully saturated rings. The van der Waals surface area contributed by atoms with Gasteiger partial charge in [0.15, 0.2) is 0 Å². The van der Waals surface area contributed by atoms with E-state index < -0.39 is 0 Å². The Bertz CT molecular complexity index is 1050. The highest BCUT2D eigenvalue weighted by atomic mass is 16.5. The fraction of sp³-hybridized carbons (Fsp3) is 0.0870. The van der Waals surface area contributed by atoms with E-state index in [0.29, 0.717) is 0 Å². The minimum Gasteiger partial charge on any atom is -0.469 e. The van der Waals surface area contributed by atoms with Gasteiger partial charge in [-0.2, -0.15) is 0 Å². The monoisotopic (exact) mass is 341 g/mol. The lowest BCUT2D eigenvalue weighted by molar-refractivity contribution is -0.139. The van der Waals surface area contributed by atoms with E-state index in [0.717, 1.165) is 27.7 Å². The Morgan fingerprint density at radius 1 is 0.808 bits per heavy atom. The first kappa shape index (κ1) is 16.2. The molecule has 0 aliphatic carbocycles. The number of aromatic amines is 1. The first-order valence-electron chi connectivity index (χ1n) is 8.58. The first-order chi connectivity index (χ1) is 12.8. The zero-order chi connectivity index (χ0) is 17.9. The van der Waals surface area contributed by atoms with Crippen LogP contribution in [0, 0.1) is 0 Å². The molecule has 26 heavy (non-hydrogen) atoms. The summed E-state index contributed by atoms with van der Waals surface area (Å²) < 4.78 is 4.89. The summed E-state index contributed by atoms with van der Waals surface area (Å²) >= 11 is 0. The molecule has 3 aromatic carbocycles. The second-order valence-corrected chi connectivity index (χ2v) is 6.22. The molecule has 0 aliphatic heterocycles. The van der Waals surface area contributed by atoms with Gasteiger partial charge < -0.3 is 9.72 Å². The van der Waals surface area contributed by atoms with E-state index in [1.807, 2.05) is 42.5 Å². The largest absolute Gasteiger partial charge is 0.469 e. The number of H-pyrrole nitrogens is 1. The van der Waals surface area contributed by atoms with Gasteiger partial charge in [-0.15, -0.1) is 0 Å². The van der Waals surface area contributed by atoms with Gasteiger partial charge in [-0.25, -0.2) is 0 Å². The molecule has 0 bridgehead atoms. The summed E-state index contributed by atoms with van der Waals surface area (Å²) in [5.41, 5.74) is 6.37. The number of rotatable bonds is 4. The van der Waals surface area contributed by atoms with Crippen molar-refractivity contribution in [3.05, 3.63) is 84.4 Å². The number of carbonyl (C=O) groups is 1. The standard InChI is InChI=1S/C23H19NO2/c1-26-22(25)15-20-19-9-5-6-10-21(19)24-23(20)18-13-11-17(12-14-18)16-7-3-2-4-8-16/h2-14,24H,15H2,1H3. The number of methoxy groups -OCH3 is 1. The number of hydrogen-bond donors (Lipinski definition) is 1. The van der Waals surface area contributed by atoms with Crippen LogP contribution in [-0.4, -0.2) is 18.1 Å². The van der Waals surface area contributed by atoms with E-state index in [2.05, 4.69) is 41.4 Å². The normalized spacial score (nSPS) is 10.8. The number of aromatic nitrogens is 1. The van der Waals surface area contributed by atoms with E-state index in [-0.39, 0.29) is 12.4 Å². The predicted molar refractivity (Wildman–Crippen MR) is 105 cm³/mol. The fourth-order valence-corrected chi connectivity index (χ4v) is 3.31. The number of nitrogens with one attached hydrogen (secondary N) is 1. The van der Waals surface area contributed by atoms with Crippen LogP contribution in [-0.2, 0) is 16.0 Å². The molecule has 1 N–H and O–H groups in total. The molecule has 0 atom stereocenters. The Kier molecular flexibility index (Phi) is 4.28. The Morgan fingerprint density at radius 2 is 1.42 bits per heavy atom. The number of carbonyl (C=O) groups excluding carboxylic acids is 1. The summed E-state index contributed by atoms with van der Waals surface area (Å²) in [4.78, 5) is 15.4. The first-order valence-corrected chi connectivity index (χ1v) is 8.58. The van der Waals surface area contributed by atoms with Gasteiger partial charge in [0, 0.05) is 10.9 Å². The van der Waals surface area contributed by atoms with Gasteiger partial charge in [-0.05, 0) is 28.3 Å². The third-order valence-corrected chi connectivity index (χ3v) is 4.64. The number of ether oxygens (including phenoxy) is 1. The quantitative estimate of drug-likeness (QED) is 0.517. The molecule has 0 aliphatic rings. The van der Waals surface area contributed by atoms with Gasteiger partial charge in [0.1, 0.15) is 0 Å². The molecule has 0 saturated heterocycles. The van der Waals surface area contributed by atoms with Crippen LogP contribution in [0.1, 0.15) is 5.56 Å². The highest BCUT2D eigenvalue weighted by Gasteiger charge is 2.16. The van der Waals surface area contributed by atoms with Gasteiger partial charge in [0.25, 0.3) is 0 Å². The van der Waals surface area contributed by atoms with Gasteiger partial charge in [-0.1, -0.05) is 72.8 Å². The molecule has 0 spiro atoms. The van der Waals surface area contributed by atoms with Crippen molar-refractivity contribution in [3.8, 4) is 22.4 Å². The molecular formula is C23H19NO2. The minimum absolute atomic E-state index is 0.239. The maximum Gasteiger partial charge on any atom is 0.310 e. The third kappa shape index (κ3) is 3.00. The summed E-state index contributed by atoms with van der Waals surface area (Å²) in [7, 11) is 1.42. The van der Waals surface area contributed by atoms with Crippen molar-refractivity contribution in [3.63, 3.8) is 0 Å². The molecule has 0 saturated carbocycles. The molecule has 128 valence electrons. The summed E-state index contributed by atoms with van der Waals surface area (Å²) in [6, 6.07) is 26.7. The molecule has 0 radical (unpaired) electrons. The number of esters is 1. The summed E-state index contributed by atoms with van der Waals surface area (Å²) in [5.74, 6) is -0.239. The van der Waals surface area contributed by atoms with Crippen molar-refractivity contribution >= 4 is 16.9 Å². The second kappa shape index (κ2) is 6.89. The lowest BCUT2D eigenvalue weighted by atomic mass is 9.99. The molecule has 0 unspecified atom stereocenters. The highest BCUT2D eigenvalue weighted by Crippen LogP contribution is 2.32. The van der Waals surface area contributed by atoms with E-state index in [9.17, 15) is 4.79 Å². The van der Waals surface area contributed by atoms with E-state index >= 15 is 0 Å². The highest BCUT2D eigenvalue weighted by molar-refractivity contribution is 5.94. The molecule has 1 heterocycles. The topological polar surface area (TPSA) is 42.1 Å². The zero-order valence-electron chi connectivity index (χ0n) is 14.5. The van der Waals surface area contributed by atoms with Crippen molar-refractivity contribution in [1.29, 1.82) is 0 Å². The molecule has 0 amide bonds. The maximum absolute atomic E-state index is 11.9. The Labute approximate surface area is 152 Å². The van der Waals surface area contributed by atoms with Crippen LogP contribution in [0.2, 0.25) is 0 Å². The molecule has 1 aromatic heterocycles. The van der Waals surface area contributed by atoms with Crippen molar-refractivity contribution in [2.24, 2.45) is 0 Å². The second-order valence-electron chi connectivity index (χ2n) is 6.22. The van der Waals surface area contributed by atoms with E-state index in [1.54, 1.807) is 0 Å². The van der Waals surface area contributed by atoms with E-state index in [4.69, 9.17) is 4.74 Å². The summed E-state index contributed by atoms with van der Waals surface area (Å²) in [5, 5.41) is 1.06. The molecule has 4 rings (SSSR count). The van der Waals surface area contributed by atoms with Crippen molar-refractivity contribution in [2.75, 3.05) is 7.11 Å². The van der Waals surface area contributed by atoms with Crippen LogP contribution in [0.3, 0.4) is 0 Å². The Hall–Kier alpha value is -3.33. The summed E-state index contributed by atoms with van der Waals surface area (Å²) in [6.45, 7) is 0. The van der Waals surface area contributed by atoms with Crippen LogP contribution in [0.4, 0.5) is 0 Å². The lowest BCUT2D eigenvalue weighted by Gasteiger charge is -2.06. The van der Waals surface area contributed by atoms with Crippen LogP contribution in [0.15, 0.2) is 78.9 Å². The van der Waals surface area contributed by atoms with Crippen LogP contribution in [0.5, 0.6) is 0 Å². The minimum atomic E-state index is -0.239. The van der Waals surface area contributed by atoms with E-state index in [1.165, 1.54) is 18.2 Å². The summed E-state index contributed by atoms with van der Waals surface area (Å²) in [6.07, 6.45) is 0.246.